The monoisotopic (exact) mass is 248 g/mol. The van der Waals surface area contributed by atoms with Crippen molar-refractivity contribution in [3.63, 3.8) is 0 Å². The van der Waals surface area contributed by atoms with Gasteiger partial charge >= 0.3 is 0 Å². The van der Waals surface area contributed by atoms with E-state index in [0.29, 0.717) is 0 Å². The molecule has 3 N–H and O–H groups in total. The van der Waals surface area contributed by atoms with Gasteiger partial charge in [0.2, 0.25) is 0 Å². The van der Waals surface area contributed by atoms with E-state index in [1.165, 1.54) is 4.88 Å². The Morgan fingerprint density at radius 3 is 2.92 bits per heavy atom. The predicted octanol–water partition coefficient (Wildman–Crippen LogP) is 2.12. The van der Waals surface area contributed by atoms with Gasteiger partial charge in [-0.25, -0.2) is 0 Å². The van der Waals surface area contributed by atoms with Crippen LogP contribution in [0.4, 0.5) is 0 Å². The highest BCUT2D eigenvalue weighted by molar-refractivity contribution is 9.11. The maximum atomic E-state index is 5.92. The van der Waals surface area contributed by atoms with Crippen LogP contribution in [0.5, 0.6) is 0 Å². The van der Waals surface area contributed by atoms with E-state index in [2.05, 4.69) is 34.2 Å². The third-order valence-electron chi connectivity index (χ3n) is 1.57. The van der Waals surface area contributed by atoms with Crippen molar-refractivity contribution in [3.05, 3.63) is 20.8 Å². The SMILES string of the molecule is CCNCC(N)c1ccc(Br)s1. The van der Waals surface area contributed by atoms with Crippen molar-refractivity contribution >= 4 is 27.3 Å². The second-order valence-corrected chi connectivity index (χ2v) is 5.05. The largest absolute Gasteiger partial charge is 0.322 e. The van der Waals surface area contributed by atoms with E-state index in [1.54, 1.807) is 11.3 Å². The van der Waals surface area contributed by atoms with Gasteiger partial charge in [-0.15, -0.1) is 11.3 Å². The first kappa shape index (κ1) is 10.2. The second-order valence-electron chi connectivity index (χ2n) is 2.56. The normalized spacial score (nSPS) is 13.2. The summed E-state index contributed by atoms with van der Waals surface area (Å²) in [6.45, 7) is 3.90. The van der Waals surface area contributed by atoms with E-state index in [-0.39, 0.29) is 6.04 Å². The molecule has 0 amide bonds. The summed E-state index contributed by atoms with van der Waals surface area (Å²) in [5.41, 5.74) is 5.92. The van der Waals surface area contributed by atoms with Crippen LogP contribution in [0.15, 0.2) is 15.9 Å². The Hall–Kier alpha value is 0.1000. The van der Waals surface area contributed by atoms with E-state index in [4.69, 9.17) is 5.73 Å². The van der Waals surface area contributed by atoms with Crippen LogP contribution in [-0.4, -0.2) is 13.1 Å². The molecule has 1 rings (SSSR count). The molecule has 0 aliphatic rings. The van der Waals surface area contributed by atoms with Crippen LogP contribution >= 0.6 is 27.3 Å². The van der Waals surface area contributed by atoms with Gasteiger partial charge in [-0.3, -0.25) is 0 Å². The van der Waals surface area contributed by atoms with Crippen molar-refractivity contribution in [2.24, 2.45) is 5.73 Å². The molecule has 0 aromatic carbocycles. The minimum atomic E-state index is 0.126. The minimum absolute atomic E-state index is 0.126. The van der Waals surface area contributed by atoms with Crippen LogP contribution in [-0.2, 0) is 0 Å². The first-order valence-corrected chi connectivity index (χ1v) is 5.56. The Bertz CT molecular complexity index is 237. The minimum Gasteiger partial charge on any atom is -0.322 e. The van der Waals surface area contributed by atoms with Crippen LogP contribution in [0.25, 0.3) is 0 Å². The van der Waals surface area contributed by atoms with E-state index in [0.717, 1.165) is 16.9 Å². The molecule has 0 aliphatic carbocycles. The van der Waals surface area contributed by atoms with Gasteiger partial charge in [-0.05, 0) is 34.6 Å². The molecule has 0 saturated carbocycles. The molecule has 0 spiro atoms. The third-order valence-corrected chi connectivity index (χ3v) is 3.33. The highest BCUT2D eigenvalue weighted by Gasteiger charge is 2.06. The number of nitrogens with two attached hydrogens (primary N) is 1. The van der Waals surface area contributed by atoms with Gasteiger partial charge in [0.1, 0.15) is 0 Å². The second kappa shape index (κ2) is 4.97. The molecular formula is C8H13BrN2S. The van der Waals surface area contributed by atoms with Crippen molar-refractivity contribution < 1.29 is 0 Å². The molecule has 1 aromatic rings. The van der Waals surface area contributed by atoms with Crippen molar-refractivity contribution in [1.82, 2.24) is 5.32 Å². The summed E-state index contributed by atoms with van der Waals surface area (Å²) in [5, 5.41) is 3.22. The third kappa shape index (κ3) is 2.86. The molecule has 0 saturated heterocycles. The van der Waals surface area contributed by atoms with E-state index in [1.807, 2.05) is 6.07 Å². The lowest BCUT2D eigenvalue weighted by molar-refractivity contribution is 0.623. The average molecular weight is 249 g/mol. The predicted molar refractivity (Wildman–Crippen MR) is 57.5 cm³/mol. The number of hydrogen-bond donors (Lipinski definition) is 2. The fourth-order valence-corrected chi connectivity index (χ4v) is 2.35. The topological polar surface area (TPSA) is 38.0 Å². The van der Waals surface area contributed by atoms with Crippen LogP contribution in [0.3, 0.4) is 0 Å². The zero-order valence-corrected chi connectivity index (χ0v) is 9.41. The van der Waals surface area contributed by atoms with Gasteiger partial charge in [0, 0.05) is 11.4 Å². The number of halogens is 1. The summed E-state index contributed by atoms with van der Waals surface area (Å²) in [6.07, 6.45) is 0. The molecule has 0 radical (unpaired) electrons. The number of nitrogens with one attached hydrogen (secondary N) is 1. The zero-order valence-electron chi connectivity index (χ0n) is 7.01. The first-order chi connectivity index (χ1) is 5.74. The smallest absolute Gasteiger partial charge is 0.0701 e. The van der Waals surface area contributed by atoms with Gasteiger partial charge in [0.25, 0.3) is 0 Å². The maximum absolute atomic E-state index is 5.92. The van der Waals surface area contributed by atoms with Crippen molar-refractivity contribution in [2.75, 3.05) is 13.1 Å². The fourth-order valence-electron chi connectivity index (χ4n) is 0.928. The molecule has 68 valence electrons. The molecule has 1 unspecified atom stereocenters. The molecule has 0 aliphatic heterocycles. The molecular weight excluding hydrogens is 236 g/mol. The quantitative estimate of drug-likeness (QED) is 0.857. The van der Waals surface area contributed by atoms with Crippen molar-refractivity contribution in [3.8, 4) is 0 Å². The molecule has 2 nitrogen and oxygen atoms in total. The molecule has 1 aromatic heterocycles. The van der Waals surface area contributed by atoms with Crippen molar-refractivity contribution in [1.29, 1.82) is 0 Å². The number of hydrogen-bond acceptors (Lipinski definition) is 3. The van der Waals surface area contributed by atoms with Crippen LogP contribution < -0.4 is 11.1 Å². The molecule has 1 atom stereocenters. The molecule has 4 heteroatoms. The molecule has 0 fully saturated rings. The van der Waals surface area contributed by atoms with E-state index in [9.17, 15) is 0 Å². The highest BCUT2D eigenvalue weighted by atomic mass is 79.9. The summed E-state index contributed by atoms with van der Waals surface area (Å²) in [4.78, 5) is 1.22. The Kier molecular flexibility index (Phi) is 4.21. The fraction of sp³-hybridized carbons (Fsp3) is 0.500. The van der Waals surface area contributed by atoms with Crippen molar-refractivity contribution in [2.45, 2.75) is 13.0 Å². The number of rotatable bonds is 4. The van der Waals surface area contributed by atoms with Crippen LogP contribution in [0, 0.1) is 0 Å². The molecule has 0 bridgehead atoms. The maximum Gasteiger partial charge on any atom is 0.0701 e. The standard InChI is InChI=1S/C8H13BrN2S/c1-2-11-5-6(10)7-3-4-8(9)12-7/h3-4,6,11H,2,5,10H2,1H3. The average Bonchev–Trinajstić information content (AvgIpc) is 2.47. The van der Waals surface area contributed by atoms with Gasteiger partial charge in [0.05, 0.1) is 9.83 Å². The van der Waals surface area contributed by atoms with Crippen LogP contribution in [0.2, 0.25) is 0 Å². The van der Waals surface area contributed by atoms with Gasteiger partial charge < -0.3 is 11.1 Å². The van der Waals surface area contributed by atoms with Gasteiger partial charge in [0.15, 0.2) is 0 Å². The van der Waals surface area contributed by atoms with E-state index >= 15 is 0 Å². The first-order valence-electron chi connectivity index (χ1n) is 3.95. The van der Waals surface area contributed by atoms with Gasteiger partial charge in [-0.2, -0.15) is 0 Å². The lowest BCUT2D eigenvalue weighted by Crippen LogP contribution is -2.25. The Balaban J connectivity index is 2.47. The Labute approximate surface area is 85.3 Å². The van der Waals surface area contributed by atoms with Gasteiger partial charge in [-0.1, -0.05) is 6.92 Å². The summed E-state index contributed by atoms with van der Waals surface area (Å²) >= 11 is 5.11. The van der Waals surface area contributed by atoms with E-state index < -0.39 is 0 Å². The lowest BCUT2D eigenvalue weighted by Gasteiger charge is -2.08. The summed E-state index contributed by atoms with van der Waals surface area (Å²) in [7, 11) is 0. The number of likely N-dealkylation sites (N-methyl/N-ethyl adjacent to an activating group) is 1. The highest BCUT2D eigenvalue weighted by Crippen LogP contribution is 2.25. The molecule has 12 heavy (non-hydrogen) atoms. The lowest BCUT2D eigenvalue weighted by atomic mass is 10.2. The summed E-state index contributed by atoms with van der Waals surface area (Å²) in [5.74, 6) is 0. The molecule has 1 heterocycles. The van der Waals surface area contributed by atoms with Crippen LogP contribution in [0.1, 0.15) is 17.8 Å². The summed E-state index contributed by atoms with van der Waals surface area (Å²) < 4.78 is 1.14. The Morgan fingerprint density at radius 1 is 1.67 bits per heavy atom. The zero-order chi connectivity index (χ0) is 8.97. The summed E-state index contributed by atoms with van der Waals surface area (Å²) in [6, 6.07) is 4.23. The number of thiophene rings is 1. The Morgan fingerprint density at radius 2 is 2.42 bits per heavy atom.